The Hall–Kier alpha value is -2.18. The Morgan fingerprint density at radius 2 is 2.16 bits per heavy atom. The van der Waals surface area contributed by atoms with Crippen molar-refractivity contribution in [2.45, 2.75) is 12.8 Å². The molecule has 0 fully saturated rings. The van der Waals surface area contributed by atoms with Crippen LogP contribution in [0.2, 0.25) is 5.02 Å². The van der Waals surface area contributed by atoms with Crippen molar-refractivity contribution in [3.63, 3.8) is 0 Å². The number of carbonyl (C=O) groups excluding carboxylic acids is 1. The molecule has 94 valence electrons. The topological polar surface area (TPSA) is 53.8 Å². The number of nitrogens with zero attached hydrogens (tertiary/aromatic N) is 2. The third-order valence-electron chi connectivity index (χ3n) is 2.82. The van der Waals surface area contributed by atoms with E-state index < -0.39 is 5.92 Å². The van der Waals surface area contributed by atoms with Crippen LogP contribution < -0.4 is 0 Å². The van der Waals surface area contributed by atoms with Crippen molar-refractivity contribution < 1.29 is 4.79 Å². The van der Waals surface area contributed by atoms with Gasteiger partial charge in [0.25, 0.3) is 0 Å². The van der Waals surface area contributed by atoms with Gasteiger partial charge in [0.2, 0.25) is 0 Å². The largest absolute Gasteiger partial charge is 0.292 e. The van der Waals surface area contributed by atoms with Gasteiger partial charge in [0, 0.05) is 16.8 Å². The molecule has 0 N–H and O–H groups in total. The van der Waals surface area contributed by atoms with Gasteiger partial charge in [0.05, 0.1) is 11.8 Å². The number of hydrogen-bond acceptors (Lipinski definition) is 3. The summed E-state index contributed by atoms with van der Waals surface area (Å²) in [6, 6.07) is 12.2. The summed E-state index contributed by atoms with van der Waals surface area (Å²) in [4.78, 5) is 16.4. The van der Waals surface area contributed by atoms with Crippen LogP contribution >= 0.6 is 11.6 Å². The highest BCUT2D eigenvalue weighted by atomic mass is 35.5. The Kier molecular flexibility index (Phi) is 3.94. The Morgan fingerprint density at radius 3 is 2.74 bits per heavy atom. The standard InChI is InChI=1S/C15H11ClN2O/c1-10-8-11(5-6-13(10)16)15(19)12(9-17)14-4-2-3-7-18-14/h2-8,12H,1H3. The van der Waals surface area contributed by atoms with E-state index in [2.05, 4.69) is 4.98 Å². The van der Waals surface area contributed by atoms with Crippen molar-refractivity contribution >= 4 is 17.4 Å². The molecule has 3 nitrogen and oxygen atoms in total. The molecular weight excluding hydrogens is 260 g/mol. The molecule has 0 saturated heterocycles. The lowest BCUT2D eigenvalue weighted by atomic mass is 9.94. The molecule has 1 heterocycles. The van der Waals surface area contributed by atoms with E-state index in [-0.39, 0.29) is 5.78 Å². The fourth-order valence-electron chi connectivity index (χ4n) is 1.77. The number of halogens is 1. The Bertz CT molecular complexity index is 647. The van der Waals surface area contributed by atoms with Gasteiger partial charge >= 0.3 is 0 Å². The number of aryl methyl sites for hydroxylation is 1. The third kappa shape index (κ3) is 2.81. The fourth-order valence-corrected chi connectivity index (χ4v) is 1.89. The number of hydrogen-bond donors (Lipinski definition) is 0. The van der Waals surface area contributed by atoms with E-state index in [1.807, 2.05) is 13.0 Å². The normalized spacial score (nSPS) is 11.6. The summed E-state index contributed by atoms with van der Waals surface area (Å²) in [6.45, 7) is 1.82. The van der Waals surface area contributed by atoms with Crippen LogP contribution in [0.1, 0.15) is 27.5 Å². The molecule has 0 aliphatic carbocycles. The summed E-state index contributed by atoms with van der Waals surface area (Å²) >= 11 is 5.93. The van der Waals surface area contributed by atoms with Crippen LogP contribution in [-0.2, 0) is 0 Å². The average molecular weight is 271 g/mol. The van der Waals surface area contributed by atoms with Gasteiger partial charge in [-0.15, -0.1) is 0 Å². The second-order valence-corrected chi connectivity index (χ2v) is 4.55. The molecule has 0 saturated carbocycles. The van der Waals surface area contributed by atoms with Crippen LogP contribution in [0.4, 0.5) is 0 Å². The maximum absolute atomic E-state index is 12.3. The molecule has 0 bridgehead atoms. The van der Waals surface area contributed by atoms with Gasteiger partial charge in [-0.25, -0.2) is 0 Å². The van der Waals surface area contributed by atoms with Gasteiger partial charge < -0.3 is 0 Å². The van der Waals surface area contributed by atoms with E-state index in [1.54, 1.807) is 42.6 Å². The molecule has 0 aliphatic heterocycles. The first-order valence-corrected chi connectivity index (χ1v) is 6.12. The maximum atomic E-state index is 12.3. The molecule has 1 unspecified atom stereocenters. The zero-order valence-electron chi connectivity index (χ0n) is 10.3. The average Bonchev–Trinajstić information content (AvgIpc) is 2.44. The summed E-state index contributed by atoms with van der Waals surface area (Å²) in [5, 5.41) is 9.80. The van der Waals surface area contributed by atoms with Crippen LogP contribution in [0.25, 0.3) is 0 Å². The monoisotopic (exact) mass is 270 g/mol. The first-order valence-electron chi connectivity index (χ1n) is 5.74. The summed E-state index contributed by atoms with van der Waals surface area (Å²) in [6.07, 6.45) is 1.57. The number of aromatic nitrogens is 1. The van der Waals surface area contributed by atoms with Crippen molar-refractivity contribution in [2.24, 2.45) is 0 Å². The molecule has 2 rings (SSSR count). The SMILES string of the molecule is Cc1cc(C(=O)C(C#N)c2ccccn2)ccc1Cl. The second kappa shape index (κ2) is 5.64. The number of pyridine rings is 1. The minimum absolute atomic E-state index is 0.263. The number of carbonyl (C=O) groups is 1. The number of nitriles is 1. The van der Waals surface area contributed by atoms with Gasteiger partial charge in [-0.1, -0.05) is 17.7 Å². The molecular formula is C15H11ClN2O. The molecule has 1 aromatic heterocycles. The highest BCUT2D eigenvalue weighted by molar-refractivity contribution is 6.31. The molecule has 1 aromatic carbocycles. The molecule has 0 amide bonds. The van der Waals surface area contributed by atoms with Crippen LogP contribution in [0.15, 0.2) is 42.6 Å². The quantitative estimate of drug-likeness (QED) is 0.802. The van der Waals surface area contributed by atoms with Crippen molar-refractivity contribution in [1.82, 2.24) is 4.98 Å². The van der Waals surface area contributed by atoms with E-state index in [0.29, 0.717) is 16.3 Å². The van der Waals surface area contributed by atoms with Crippen molar-refractivity contribution in [1.29, 1.82) is 5.26 Å². The first-order chi connectivity index (χ1) is 9.13. The summed E-state index contributed by atoms with van der Waals surface area (Å²) in [5.74, 6) is -1.15. The van der Waals surface area contributed by atoms with Crippen molar-refractivity contribution in [3.05, 3.63) is 64.4 Å². The molecule has 0 radical (unpaired) electrons. The maximum Gasteiger partial charge on any atom is 0.186 e. The number of ketones is 1. The van der Waals surface area contributed by atoms with E-state index in [9.17, 15) is 10.1 Å². The van der Waals surface area contributed by atoms with Crippen LogP contribution in [0.5, 0.6) is 0 Å². The number of Topliss-reactive ketones (excluding diaryl/α,β-unsaturated/α-hetero) is 1. The lowest BCUT2D eigenvalue weighted by molar-refractivity contribution is 0.0977. The first kappa shape index (κ1) is 13.3. The van der Waals surface area contributed by atoms with E-state index in [4.69, 9.17) is 11.6 Å². The Morgan fingerprint density at radius 1 is 1.37 bits per heavy atom. The smallest absolute Gasteiger partial charge is 0.186 e. The van der Waals surface area contributed by atoms with Crippen LogP contribution in [0.3, 0.4) is 0 Å². The number of rotatable bonds is 3. The van der Waals surface area contributed by atoms with E-state index in [0.717, 1.165) is 5.56 Å². The van der Waals surface area contributed by atoms with Crippen molar-refractivity contribution in [3.8, 4) is 6.07 Å². The van der Waals surface area contributed by atoms with Gasteiger partial charge in [-0.05, 0) is 42.8 Å². The molecule has 0 spiro atoms. The Balaban J connectivity index is 2.37. The van der Waals surface area contributed by atoms with E-state index >= 15 is 0 Å². The van der Waals surface area contributed by atoms with E-state index in [1.165, 1.54) is 0 Å². The summed E-state index contributed by atoms with van der Waals surface area (Å²) in [5.41, 5.74) is 1.74. The Labute approximate surface area is 116 Å². The van der Waals surface area contributed by atoms with Crippen molar-refractivity contribution in [2.75, 3.05) is 0 Å². The highest BCUT2D eigenvalue weighted by Gasteiger charge is 2.23. The zero-order chi connectivity index (χ0) is 13.8. The molecule has 2 aromatic rings. The minimum Gasteiger partial charge on any atom is -0.292 e. The summed E-state index contributed by atoms with van der Waals surface area (Å²) in [7, 11) is 0. The molecule has 19 heavy (non-hydrogen) atoms. The van der Waals surface area contributed by atoms with Gasteiger partial charge in [0.15, 0.2) is 11.7 Å². The highest BCUT2D eigenvalue weighted by Crippen LogP contribution is 2.22. The summed E-state index contributed by atoms with van der Waals surface area (Å²) < 4.78 is 0. The molecule has 0 aliphatic rings. The number of benzene rings is 1. The lowest BCUT2D eigenvalue weighted by Crippen LogP contribution is -2.12. The van der Waals surface area contributed by atoms with Gasteiger partial charge in [0.1, 0.15) is 0 Å². The zero-order valence-corrected chi connectivity index (χ0v) is 11.1. The lowest BCUT2D eigenvalue weighted by Gasteiger charge is -2.08. The van der Waals surface area contributed by atoms with Crippen LogP contribution in [-0.4, -0.2) is 10.8 Å². The second-order valence-electron chi connectivity index (χ2n) is 4.14. The third-order valence-corrected chi connectivity index (χ3v) is 3.24. The fraction of sp³-hybridized carbons (Fsp3) is 0.133. The molecule has 1 atom stereocenters. The van der Waals surface area contributed by atoms with Gasteiger partial charge in [-0.2, -0.15) is 5.26 Å². The molecule has 4 heteroatoms. The van der Waals surface area contributed by atoms with Gasteiger partial charge in [-0.3, -0.25) is 9.78 Å². The predicted octanol–water partition coefficient (Wildman–Crippen LogP) is 3.53. The minimum atomic E-state index is -0.887. The predicted molar refractivity (Wildman–Crippen MR) is 73.1 cm³/mol. The van der Waals surface area contributed by atoms with Crippen LogP contribution in [0, 0.1) is 18.3 Å².